The third-order valence-electron chi connectivity index (χ3n) is 12.6. The van der Waals surface area contributed by atoms with Crippen LogP contribution in [0.5, 0.6) is 11.5 Å². The van der Waals surface area contributed by atoms with Crippen molar-refractivity contribution in [2.24, 2.45) is 0 Å². The number of aliphatic hydroxyl groups excluding tert-OH is 1. The maximum atomic E-state index is 14.6. The minimum atomic E-state index is -1.47. The van der Waals surface area contributed by atoms with E-state index in [4.69, 9.17) is 23.7 Å². The number of nitrogens with zero attached hydrogens (tertiary/aromatic N) is 2. The molecule has 0 unspecified atom stereocenters. The molecule has 0 aliphatic carbocycles. The van der Waals surface area contributed by atoms with Crippen molar-refractivity contribution in [2.45, 2.75) is 35.7 Å². The van der Waals surface area contributed by atoms with Crippen molar-refractivity contribution in [1.29, 1.82) is 0 Å². The van der Waals surface area contributed by atoms with E-state index in [1.165, 1.54) is 10.8 Å². The van der Waals surface area contributed by atoms with E-state index in [0.29, 0.717) is 17.2 Å². The van der Waals surface area contributed by atoms with Crippen LogP contribution in [0.15, 0.2) is 211 Å². The highest BCUT2D eigenvalue weighted by Crippen LogP contribution is 2.44. The summed E-state index contributed by atoms with van der Waals surface area (Å²) in [6, 6.07) is 63.3. The summed E-state index contributed by atoms with van der Waals surface area (Å²) in [5.41, 5.74) is 2.86. The lowest BCUT2D eigenvalue weighted by Gasteiger charge is -2.37. The van der Waals surface area contributed by atoms with Crippen LogP contribution in [-0.4, -0.2) is 66.8 Å². The lowest BCUT2D eigenvalue weighted by atomic mass is 9.77. The highest BCUT2D eigenvalue weighted by Gasteiger charge is 2.50. The number of anilines is 2. The predicted molar refractivity (Wildman–Crippen MR) is 265 cm³/mol. The Morgan fingerprint density at radius 1 is 0.638 bits per heavy atom. The van der Waals surface area contributed by atoms with Crippen molar-refractivity contribution in [3.63, 3.8) is 0 Å². The smallest absolute Gasteiger partial charge is 0.351 e. The summed E-state index contributed by atoms with van der Waals surface area (Å²) in [4.78, 5) is 33.3. The minimum absolute atomic E-state index is 0.199. The Balaban J connectivity index is 1.11. The Labute approximate surface area is 400 Å². The van der Waals surface area contributed by atoms with E-state index in [1.54, 1.807) is 51.6 Å². The molecule has 12 heteroatoms. The van der Waals surface area contributed by atoms with Crippen LogP contribution in [0, 0.1) is 0 Å². The molecule has 12 nitrogen and oxygen atoms in total. The molecule has 1 saturated heterocycles. The number of carbonyl (C=O) groups excluding carboxylic acids is 1. The average Bonchev–Trinajstić information content (AvgIpc) is 3.72. The molecule has 0 amide bonds. The molecule has 4 atom stereocenters. The van der Waals surface area contributed by atoms with Gasteiger partial charge in [0.15, 0.2) is 12.3 Å². The number of rotatable bonds is 17. The number of benzene rings is 7. The summed E-state index contributed by atoms with van der Waals surface area (Å²) in [6.07, 6.45) is -3.76. The Hall–Kier alpha value is -8.03. The molecule has 2 heterocycles. The van der Waals surface area contributed by atoms with Crippen LogP contribution in [0.2, 0.25) is 0 Å². The zero-order valence-corrected chi connectivity index (χ0v) is 38.3. The van der Waals surface area contributed by atoms with E-state index < -0.39 is 47.3 Å². The molecule has 348 valence electrons. The molecule has 0 saturated carbocycles. The number of carbonyl (C=O) groups is 1. The number of esters is 1. The quantitative estimate of drug-likeness (QED) is 0.0595. The van der Waals surface area contributed by atoms with Gasteiger partial charge in [0.2, 0.25) is 0 Å². The summed E-state index contributed by atoms with van der Waals surface area (Å²) in [6.45, 7) is -0.199. The van der Waals surface area contributed by atoms with Gasteiger partial charge in [-0.2, -0.15) is 4.98 Å². The van der Waals surface area contributed by atoms with Crippen LogP contribution in [0.1, 0.15) is 50.0 Å². The van der Waals surface area contributed by atoms with Crippen molar-refractivity contribution in [3.8, 4) is 11.5 Å². The zero-order chi connectivity index (χ0) is 47.8. The average molecular weight is 921 g/mol. The van der Waals surface area contributed by atoms with Gasteiger partial charge in [-0.15, -0.1) is 0 Å². The van der Waals surface area contributed by atoms with Crippen molar-refractivity contribution >= 4 is 17.5 Å². The molecular formula is C57H52N4O8. The molecule has 9 rings (SSSR count). The molecule has 1 aliphatic heterocycles. The molecule has 69 heavy (non-hydrogen) atoms. The molecule has 1 aliphatic rings. The second-order valence-electron chi connectivity index (χ2n) is 16.5. The van der Waals surface area contributed by atoms with Crippen molar-refractivity contribution in [3.05, 3.63) is 256 Å². The van der Waals surface area contributed by atoms with Gasteiger partial charge in [0.05, 0.1) is 26.4 Å². The fourth-order valence-electron chi connectivity index (χ4n) is 9.20. The number of para-hydroxylation sites is 1. The summed E-state index contributed by atoms with van der Waals surface area (Å²) >= 11 is 0. The molecule has 8 aromatic rings. The number of ether oxygens (including phenoxy) is 5. The maximum Gasteiger partial charge on any atom is 0.351 e. The van der Waals surface area contributed by atoms with Gasteiger partial charge in [0.1, 0.15) is 40.7 Å². The van der Waals surface area contributed by atoms with E-state index in [2.05, 4.69) is 15.6 Å². The zero-order valence-electron chi connectivity index (χ0n) is 38.3. The Bertz CT molecular complexity index is 2930. The number of hydrogen-bond acceptors (Lipinski definition) is 11. The van der Waals surface area contributed by atoms with E-state index in [1.807, 2.05) is 170 Å². The third-order valence-corrected chi connectivity index (χ3v) is 12.6. The molecule has 3 N–H and O–H groups in total. The lowest BCUT2D eigenvalue weighted by molar-refractivity contribution is -0.0962. The predicted octanol–water partition coefficient (Wildman–Crippen LogP) is 9.20. The molecule has 0 radical (unpaired) electrons. The minimum Gasteiger partial charge on any atom is -0.497 e. The highest BCUT2D eigenvalue weighted by atomic mass is 16.6. The van der Waals surface area contributed by atoms with Crippen LogP contribution < -0.4 is 25.8 Å². The van der Waals surface area contributed by atoms with Crippen molar-refractivity contribution in [1.82, 2.24) is 9.55 Å². The van der Waals surface area contributed by atoms with Gasteiger partial charge >= 0.3 is 11.7 Å². The van der Waals surface area contributed by atoms with Crippen LogP contribution >= 0.6 is 0 Å². The van der Waals surface area contributed by atoms with Crippen LogP contribution in [0.25, 0.3) is 0 Å². The Kier molecular flexibility index (Phi) is 13.7. The first kappa shape index (κ1) is 46.1. The number of aliphatic hydroxyl groups is 1. The van der Waals surface area contributed by atoms with E-state index in [0.717, 1.165) is 33.4 Å². The number of methoxy groups -OCH3 is 2. The maximum absolute atomic E-state index is 14.6. The van der Waals surface area contributed by atoms with Gasteiger partial charge < -0.3 is 39.4 Å². The fraction of sp³-hybridized carbons (Fsp3) is 0.175. The second-order valence-corrected chi connectivity index (χ2v) is 16.5. The lowest BCUT2D eigenvalue weighted by Crippen LogP contribution is -2.42. The SMILES string of the molecule is CNc1ccccc1C(=O)O[C@@H]1[C@H](O)[C@@H](COC(c2ccccc2)(c2ccccc2)c2ccc(OC)cc2)O[C@H]1n1ccc(NC(c2ccccc2)(c2ccccc2)c2ccc(OC)cc2)nc1=O. The van der Waals surface area contributed by atoms with Gasteiger partial charge in [-0.3, -0.25) is 4.57 Å². The Morgan fingerprint density at radius 3 is 1.61 bits per heavy atom. The normalized spacial score (nSPS) is 16.9. The fourth-order valence-corrected chi connectivity index (χ4v) is 9.20. The molecule has 0 spiro atoms. The Morgan fingerprint density at radius 2 is 1.10 bits per heavy atom. The second kappa shape index (κ2) is 20.5. The third kappa shape index (κ3) is 9.08. The number of aromatic nitrogens is 2. The number of nitrogens with one attached hydrogen (secondary N) is 2. The van der Waals surface area contributed by atoms with Crippen LogP contribution in [0.4, 0.5) is 11.5 Å². The summed E-state index contributed by atoms with van der Waals surface area (Å²) in [5.74, 6) is 0.884. The van der Waals surface area contributed by atoms with Crippen LogP contribution in [0.3, 0.4) is 0 Å². The molecule has 1 aromatic heterocycles. The number of hydrogen-bond donors (Lipinski definition) is 3. The van der Waals surface area contributed by atoms with Crippen molar-refractivity contribution in [2.75, 3.05) is 38.5 Å². The van der Waals surface area contributed by atoms with Gasteiger partial charge in [0.25, 0.3) is 0 Å². The van der Waals surface area contributed by atoms with Crippen LogP contribution in [-0.2, 0) is 25.4 Å². The first-order chi connectivity index (χ1) is 33.8. The van der Waals surface area contributed by atoms with E-state index in [-0.39, 0.29) is 18.0 Å². The standard InChI is InChI=1S/C57H52N4O8/c1-58-48-27-17-16-26-47(48)54(63)69-52-51(62)49(38-67-57(42-22-12-6-13-23-42,43-24-14-7-15-25-43)44-30-34-46(66-3)35-31-44)68-53(52)61-37-36-50(59-55(61)64)60-56(39-18-8-4-9-19-39,40-20-10-5-11-21-40)41-28-32-45(65-2)33-29-41/h4-37,49,51-53,58,62H,38H2,1-3H3,(H,59,60,64)/t49-,51-,52-,53-/m1/s1. The van der Waals surface area contributed by atoms with Gasteiger partial charge in [-0.25, -0.2) is 9.59 Å². The molecular weight excluding hydrogens is 869 g/mol. The van der Waals surface area contributed by atoms with E-state index >= 15 is 0 Å². The first-order valence-corrected chi connectivity index (χ1v) is 22.6. The molecule has 0 bridgehead atoms. The largest absolute Gasteiger partial charge is 0.497 e. The van der Waals surface area contributed by atoms with Gasteiger partial charge in [0, 0.05) is 18.9 Å². The monoisotopic (exact) mass is 920 g/mol. The summed E-state index contributed by atoms with van der Waals surface area (Å²) in [7, 11) is 4.93. The summed E-state index contributed by atoms with van der Waals surface area (Å²) in [5, 5.41) is 19.0. The molecule has 1 fully saturated rings. The van der Waals surface area contributed by atoms with Gasteiger partial charge in [-0.05, 0) is 75.8 Å². The first-order valence-electron chi connectivity index (χ1n) is 22.6. The highest BCUT2D eigenvalue weighted by molar-refractivity contribution is 5.95. The topological polar surface area (TPSA) is 142 Å². The molecule has 7 aromatic carbocycles. The summed E-state index contributed by atoms with van der Waals surface area (Å²) < 4.78 is 32.2. The van der Waals surface area contributed by atoms with Crippen molar-refractivity contribution < 1.29 is 33.6 Å². The van der Waals surface area contributed by atoms with Gasteiger partial charge in [-0.1, -0.05) is 158 Å². The van der Waals surface area contributed by atoms with E-state index in [9.17, 15) is 14.7 Å².